The van der Waals surface area contributed by atoms with Gasteiger partial charge in [-0.1, -0.05) is 29.3 Å². The predicted octanol–water partition coefficient (Wildman–Crippen LogP) is 6.34. The van der Waals surface area contributed by atoms with Crippen molar-refractivity contribution < 1.29 is 14.6 Å². The Morgan fingerprint density at radius 1 is 1.25 bits per heavy atom. The molecule has 36 heavy (non-hydrogen) atoms. The highest BCUT2D eigenvalue weighted by molar-refractivity contribution is 6.69. The molecule has 1 saturated heterocycles. The van der Waals surface area contributed by atoms with Gasteiger partial charge in [0, 0.05) is 35.4 Å². The molecule has 1 aliphatic carbocycles. The van der Waals surface area contributed by atoms with Gasteiger partial charge in [0.05, 0.1) is 5.92 Å². The molecule has 1 atom stereocenters. The van der Waals surface area contributed by atoms with Gasteiger partial charge >= 0.3 is 5.97 Å². The number of carboxylic acid groups (broad SMARTS) is 1. The van der Waals surface area contributed by atoms with E-state index in [2.05, 4.69) is 16.3 Å². The number of fused-ring (bicyclic) bond motifs is 1. The van der Waals surface area contributed by atoms with Gasteiger partial charge in [0.25, 0.3) is 0 Å². The van der Waals surface area contributed by atoms with Crippen molar-refractivity contribution >= 4 is 45.1 Å². The number of carbonyl (C=O) groups is 1. The number of nitrogens with one attached hydrogen (secondary N) is 2. The number of carboxylic acids is 1. The van der Waals surface area contributed by atoms with Crippen LogP contribution in [0.1, 0.15) is 55.4 Å². The lowest BCUT2D eigenvalue weighted by atomic mass is 9.90. The van der Waals surface area contributed by atoms with Gasteiger partial charge in [-0.15, -0.1) is 0 Å². The fourth-order valence-corrected chi connectivity index (χ4v) is 5.45. The maximum Gasteiger partial charge on any atom is 0.307 e. The van der Waals surface area contributed by atoms with Gasteiger partial charge in [-0.2, -0.15) is 0 Å². The molecule has 2 aromatic carbocycles. The van der Waals surface area contributed by atoms with Crippen LogP contribution in [0.15, 0.2) is 42.0 Å². The summed E-state index contributed by atoms with van der Waals surface area (Å²) in [6.07, 6.45) is 3.38. The Balaban J connectivity index is 1.43. The first kappa shape index (κ1) is 26.5. The summed E-state index contributed by atoms with van der Waals surface area (Å²) in [4.78, 5) is 13.6. The van der Waals surface area contributed by atoms with Crippen molar-refractivity contribution in [2.24, 2.45) is 5.92 Å². The quantitative estimate of drug-likeness (QED) is 0.330. The first-order chi connectivity index (χ1) is 17.2. The summed E-state index contributed by atoms with van der Waals surface area (Å²) in [5, 5.41) is 21.4. The van der Waals surface area contributed by atoms with Gasteiger partial charge < -0.3 is 15.2 Å². The zero-order chi connectivity index (χ0) is 25.8. The van der Waals surface area contributed by atoms with E-state index in [1.54, 1.807) is 0 Å². The molecule has 192 valence electrons. The number of benzene rings is 2. The third-order valence-corrected chi connectivity index (χ3v) is 7.43. The fourth-order valence-electron chi connectivity index (χ4n) is 4.95. The molecular weight excluding hydrogens is 497 g/mol. The number of aryl methyl sites for hydroxylation is 1. The molecule has 2 aliphatic rings. The SMILES string of the molecule is CC(C)Nc1ccc(COc2ccc3c(c2)CCC(CN2CCC[C@@H](C(=O)O)C2)=C3Cl)cc1C(=N)Cl. The minimum absolute atomic E-state index is 0.00551. The van der Waals surface area contributed by atoms with Crippen molar-refractivity contribution in [3.8, 4) is 5.75 Å². The van der Waals surface area contributed by atoms with E-state index in [4.69, 9.17) is 33.3 Å². The molecule has 1 fully saturated rings. The Morgan fingerprint density at radius 3 is 2.78 bits per heavy atom. The molecule has 2 aromatic rings. The Morgan fingerprint density at radius 2 is 2.06 bits per heavy atom. The minimum atomic E-state index is -0.707. The van der Waals surface area contributed by atoms with Crippen LogP contribution in [0.5, 0.6) is 5.75 Å². The predicted molar refractivity (Wildman–Crippen MR) is 147 cm³/mol. The Bertz CT molecular complexity index is 1180. The Hall–Kier alpha value is -2.54. The lowest BCUT2D eigenvalue weighted by Gasteiger charge is -2.32. The average Bonchev–Trinajstić information content (AvgIpc) is 2.84. The number of nitrogens with zero attached hydrogens (tertiary/aromatic N) is 1. The van der Waals surface area contributed by atoms with Crippen LogP contribution in [0.2, 0.25) is 0 Å². The molecule has 8 heteroatoms. The molecule has 0 bridgehead atoms. The lowest BCUT2D eigenvalue weighted by Crippen LogP contribution is -2.39. The molecule has 6 nitrogen and oxygen atoms in total. The summed E-state index contributed by atoms with van der Waals surface area (Å²) in [7, 11) is 0. The van der Waals surface area contributed by atoms with Crippen LogP contribution in [-0.4, -0.2) is 46.8 Å². The number of hydrogen-bond donors (Lipinski definition) is 3. The molecule has 0 unspecified atom stereocenters. The second-order valence-corrected chi connectivity index (χ2v) is 10.7. The van der Waals surface area contributed by atoms with Crippen molar-refractivity contribution in [2.75, 3.05) is 25.0 Å². The summed E-state index contributed by atoms with van der Waals surface area (Å²) >= 11 is 12.8. The number of ether oxygens (including phenoxy) is 1. The van der Waals surface area contributed by atoms with E-state index in [-0.39, 0.29) is 17.1 Å². The average molecular weight is 530 g/mol. The zero-order valence-electron chi connectivity index (χ0n) is 20.7. The molecule has 4 rings (SSSR count). The highest BCUT2D eigenvalue weighted by Crippen LogP contribution is 2.37. The largest absolute Gasteiger partial charge is 0.489 e. The Labute approximate surface area is 222 Å². The summed E-state index contributed by atoms with van der Waals surface area (Å²) in [5.41, 5.74) is 5.79. The molecule has 1 heterocycles. The number of likely N-dealkylation sites (tertiary alicyclic amines) is 1. The van der Waals surface area contributed by atoms with E-state index >= 15 is 0 Å². The molecule has 0 radical (unpaired) electrons. The van der Waals surface area contributed by atoms with Gasteiger partial charge in [-0.3, -0.25) is 15.1 Å². The molecule has 0 amide bonds. The first-order valence-electron chi connectivity index (χ1n) is 12.4. The summed E-state index contributed by atoms with van der Waals surface area (Å²) in [6, 6.07) is 12.0. The van der Waals surface area contributed by atoms with Gasteiger partial charge in [-0.25, -0.2) is 0 Å². The van der Waals surface area contributed by atoms with Crippen LogP contribution >= 0.6 is 23.2 Å². The van der Waals surface area contributed by atoms with Crippen molar-refractivity contribution in [3.63, 3.8) is 0 Å². The molecule has 3 N–H and O–H groups in total. The van der Waals surface area contributed by atoms with Crippen LogP contribution in [-0.2, 0) is 17.8 Å². The van der Waals surface area contributed by atoms with Gasteiger partial charge in [0.15, 0.2) is 0 Å². The number of halogens is 2. The van der Waals surface area contributed by atoms with E-state index < -0.39 is 5.97 Å². The number of hydrogen-bond acceptors (Lipinski definition) is 5. The second kappa shape index (κ2) is 11.7. The van der Waals surface area contributed by atoms with Crippen molar-refractivity contribution in [2.45, 2.75) is 52.2 Å². The standard InChI is InChI=1S/C28H33Cl2N3O3/c1-17(2)32-25-10-5-18(12-24(25)27(30)31)16-36-22-8-9-23-19(13-22)6-7-20(26(23)29)14-33-11-3-4-21(15-33)28(34)35/h5,8-10,12-13,17,21,31-32H,3-4,6-7,11,14-16H2,1-2H3,(H,34,35)/t21-/m1/s1. The molecule has 1 aliphatic heterocycles. The monoisotopic (exact) mass is 529 g/mol. The molecular formula is C28H33Cl2N3O3. The third kappa shape index (κ3) is 6.41. The molecule has 0 saturated carbocycles. The summed E-state index contributed by atoms with van der Waals surface area (Å²) in [6.45, 7) is 6.67. The van der Waals surface area contributed by atoms with Crippen LogP contribution in [0.4, 0.5) is 5.69 Å². The zero-order valence-corrected chi connectivity index (χ0v) is 22.3. The van der Waals surface area contributed by atoms with Gasteiger partial charge in [0.2, 0.25) is 0 Å². The first-order valence-corrected chi connectivity index (χ1v) is 13.2. The van der Waals surface area contributed by atoms with Crippen LogP contribution in [0.3, 0.4) is 0 Å². The highest BCUT2D eigenvalue weighted by Gasteiger charge is 2.27. The third-order valence-electron chi connectivity index (χ3n) is 6.76. The maximum atomic E-state index is 11.4. The second-order valence-electron chi connectivity index (χ2n) is 9.93. The van der Waals surface area contributed by atoms with E-state index in [1.165, 1.54) is 5.57 Å². The van der Waals surface area contributed by atoms with Gasteiger partial charge in [-0.05, 0) is 98.7 Å². The van der Waals surface area contributed by atoms with E-state index in [0.29, 0.717) is 18.7 Å². The van der Waals surface area contributed by atoms with E-state index in [1.807, 2.05) is 44.2 Å². The lowest BCUT2D eigenvalue weighted by molar-refractivity contribution is -0.143. The fraction of sp³-hybridized carbons (Fsp3) is 0.429. The highest BCUT2D eigenvalue weighted by atomic mass is 35.5. The van der Waals surface area contributed by atoms with Crippen LogP contribution in [0.25, 0.3) is 5.03 Å². The number of piperidine rings is 1. The molecule has 0 aromatic heterocycles. The van der Waals surface area contributed by atoms with Gasteiger partial charge in [0.1, 0.15) is 17.5 Å². The van der Waals surface area contributed by atoms with Crippen LogP contribution < -0.4 is 10.1 Å². The number of anilines is 1. The van der Waals surface area contributed by atoms with Crippen molar-refractivity contribution in [3.05, 3.63) is 64.2 Å². The van der Waals surface area contributed by atoms with Crippen molar-refractivity contribution in [1.82, 2.24) is 4.90 Å². The normalized spacial score (nSPS) is 18.2. The van der Waals surface area contributed by atoms with Crippen LogP contribution in [0, 0.1) is 11.3 Å². The maximum absolute atomic E-state index is 11.4. The summed E-state index contributed by atoms with van der Waals surface area (Å²) in [5.74, 6) is -0.224. The van der Waals surface area contributed by atoms with E-state index in [9.17, 15) is 9.90 Å². The Kier molecular flexibility index (Phi) is 8.60. The van der Waals surface area contributed by atoms with Crippen molar-refractivity contribution in [1.29, 1.82) is 5.41 Å². The van der Waals surface area contributed by atoms with E-state index in [0.717, 1.165) is 71.9 Å². The number of rotatable bonds is 9. The number of aliphatic carboxylic acids is 1. The smallest absolute Gasteiger partial charge is 0.307 e. The molecule has 0 spiro atoms. The summed E-state index contributed by atoms with van der Waals surface area (Å²) < 4.78 is 6.07. The topological polar surface area (TPSA) is 85.7 Å². The minimum Gasteiger partial charge on any atom is -0.489 e.